The predicted octanol–water partition coefficient (Wildman–Crippen LogP) is 1.86. The quantitative estimate of drug-likeness (QED) is 0.798. The van der Waals surface area contributed by atoms with Gasteiger partial charge in [-0.25, -0.2) is 13.2 Å². The fourth-order valence-electron chi connectivity index (χ4n) is 2.19. The largest absolute Gasteiger partial charge is 0.457 e. The van der Waals surface area contributed by atoms with Gasteiger partial charge in [0.25, 0.3) is 15.6 Å². The molecule has 1 aromatic carbocycles. The SMILES string of the molecule is O=C1OCc2ccc(S(=O)(=O)Nc3cc(C(F)(F)F)c[nH]c3=O)cc21. The van der Waals surface area contributed by atoms with E-state index in [1.807, 2.05) is 4.98 Å². The van der Waals surface area contributed by atoms with Crippen molar-refractivity contribution in [2.24, 2.45) is 0 Å². The number of rotatable bonds is 3. The van der Waals surface area contributed by atoms with Crippen LogP contribution in [0.15, 0.2) is 40.2 Å². The van der Waals surface area contributed by atoms with Crippen molar-refractivity contribution in [3.8, 4) is 0 Å². The van der Waals surface area contributed by atoms with Crippen molar-refractivity contribution in [3.63, 3.8) is 0 Å². The Morgan fingerprint density at radius 1 is 1.16 bits per heavy atom. The van der Waals surface area contributed by atoms with E-state index in [0.29, 0.717) is 17.8 Å². The summed E-state index contributed by atoms with van der Waals surface area (Å²) in [5.74, 6) is -0.705. The van der Waals surface area contributed by atoms with Gasteiger partial charge in [-0.2, -0.15) is 13.2 Å². The molecule has 0 unspecified atom stereocenters. The zero-order chi connectivity index (χ0) is 18.4. The summed E-state index contributed by atoms with van der Waals surface area (Å²) in [7, 11) is -4.39. The summed E-state index contributed by atoms with van der Waals surface area (Å²) >= 11 is 0. The average molecular weight is 374 g/mol. The van der Waals surface area contributed by atoms with Crippen LogP contribution in [-0.2, 0) is 27.5 Å². The molecule has 1 aliphatic heterocycles. The molecule has 0 fully saturated rings. The highest BCUT2D eigenvalue weighted by atomic mass is 32.2. The van der Waals surface area contributed by atoms with Crippen molar-refractivity contribution < 1.29 is 31.1 Å². The number of carbonyl (C=O) groups is 1. The van der Waals surface area contributed by atoms with E-state index in [0.717, 1.165) is 12.1 Å². The smallest absolute Gasteiger partial charge is 0.417 e. The summed E-state index contributed by atoms with van der Waals surface area (Å²) < 4.78 is 69.3. The molecule has 7 nitrogen and oxygen atoms in total. The molecule has 2 N–H and O–H groups in total. The van der Waals surface area contributed by atoms with Gasteiger partial charge < -0.3 is 9.72 Å². The van der Waals surface area contributed by atoms with E-state index in [-0.39, 0.29) is 17.1 Å². The molecule has 0 bridgehead atoms. The summed E-state index contributed by atoms with van der Waals surface area (Å²) in [5, 5.41) is 0. The fourth-order valence-corrected chi connectivity index (χ4v) is 3.27. The molecule has 0 saturated heterocycles. The van der Waals surface area contributed by atoms with Crippen LogP contribution in [-0.4, -0.2) is 19.4 Å². The lowest BCUT2D eigenvalue weighted by Crippen LogP contribution is -2.22. The number of halogens is 3. The second kappa shape index (κ2) is 5.62. The number of esters is 1. The molecule has 1 aliphatic rings. The monoisotopic (exact) mass is 374 g/mol. The maximum atomic E-state index is 12.7. The number of pyridine rings is 1. The fraction of sp³-hybridized carbons (Fsp3) is 0.143. The molecule has 1 aromatic heterocycles. The molecular formula is C14H9F3N2O5S. The molecule has 0 aliphatic carbocycles. The summed E-state index contributed by atoms with van der Waals surface area (Å²) in [5.41, 5.74) is -2.53. The highest BCUT2D eigenvalue weighted by molar-refractivity contribution is 7.92. The third kappa shape index (κ3) is 3.22. The first-order valence-corrected chi connectivity index (χ1v) is 8.19. The molecule has 2 aromatic rings. The van der Waals surface area contributed by atoms with Crippen LogP contribution in [0.25, 0.3) is 0 Å². The average Bonchev–Trinajstić information content (AvgIpc) is 2.89. The Kier molecular flexibility index (Phi) is 3.82. The van der Waals surface area contributed by atoms with Crippen LogP contribution in [0.2, 0.25) is 0 Å². The summed E-state index contributed by atoms with van der Waals surface area (Å²) in [6.45, 7) is 0.00915. The molecule has 0 amide bonds. The van der Waals surface area contributed by atoms with Gasteiger partial charge in [-0.3, -0.25) is 9.52 Å². The highest BCUT2D eigenvalue weighted by Gasteiger charge is 2.32. The number of anilines is 1. The van der Waals surface area contributed by atoms with Gasteiger partial charge in [-0.05, 0) is 18.2 Å². The Balaban J connectivity index is 1.99. The Labute approximate surface area is 138 Å². The third-order valence-corrected chi connectivity index (χ3v) is 4.81. The number of aromatic nitrogens is 1. The molecule has 0 spiro atoms. The van der Waals surface area contributed by atoms with Crippen LogP contribution >= 0.6 is 0 Å². The first kappa shape index (κ1) is 17.0. The standard InChI is InChI=1S/C14H9F3N2O5S/c15-14(16,17)8-3-11(12(20)18-5-8)19-25(22,23)9-2-1-7-6-24-13(21)10(7)4-9/h1-5,19H,6H2,(H,18,20). The van der Waals surface area contributed by atoms with Gasteiger partial charge in [0.1, 0.15) is 12.3 Å². The second-order valence-electron chi connectivity index (χ2n) is 5.13. The molecule has 0 atom stereocenters. The topological polar surface area (TPSA) is 105 Å². The maximum Gasteiger partial charge on any atom is 0.417 e. The number of H-pyrrole nitrogens is 1. The number of aromatic amines is 1. The Hall–Kier alpha value is -2.82. The minimum Gasteiger partial charge on any atom is -0.457 e. The summed E-state index contributed by atoms with van der Waals surface area (Å²) in [6, 6.07) is 3.93. The van der Waals surface area contributed by atoms with E-state index in [4.69, 9.17) is 4.74 Å². The molecule has 11 heteroatoms. The molecule has 0 saturated carbocycles. The molecule has 25 heavy (non-hydrogen) atoms. The van der Waals surface area contributed by atoms with E-state index in [1.165, 1.54) is 6.07 Å². The first-order chi connectivity index (χ1) is 11.6. The number of cyclic esters (lactones) is 1. The maximum absolute atomic E-state index is 12.7. The Morgan fingerprint density at radius 2 is 1.88 bits per heavy atom. The summed E-state index contributed by atoms with van der Waals surface area (Å²) in [6.07, 6.45) is -4.33. The highest BCUT2D eigenvalue weighted by Crippen LogP contribution is 2.30. The summed E-state index contributed by atoms with van der Waals surface area (Å²) in [4.78, 5) is 24.6. The predicted molar refractivity (Wildman–Crippen MR) is 78.4 cm³/mol. The molecular weight excluding hydrogens is 365 g/mol. The number of sulfonamides is 1. The van der Waals surface area contributed by atoms with Gasteiger partial charge >= 0.3 is 12.1 Å². The molecule has 132 valence electrons. The first-order valence-electron chi connectivity index (χ1n) is 6.71. The van der Waals surface area contributed by atoms with Crippen molar-refractivity contribution >= 4 is 21.7 Å². The zero-order valence-corrected chi connectivity index (χ0v) is 13.0. The molecule has 3 rings (SSSR count). The van der Waals surface area contributed by atoms with Crippen molar-refractivity contribution in [1.82, 2.24) is 4.98 Å². The van der Waals surface area contributed by atoms with Crippen LogP contribution in [0.1, 0.15) is 21.5 Å². The van der Waals surface area contributed by atoms with Crippen LogP contribution in [0.3, 0.4) is 0 Å². The van der Waals surface area contributed by atoms with E-state index in [2.05, 4.69) is 0 Å². The zero-order valence-electron chi connectivity index (χ0n) is 12.2. The van der Waals surface area contributed by atoms with E-state index in [9.17, 15) is 31.2 Å². The van der Waals surface area contributed by atoms with Gasteiger partial charge in [-0.15, -0.1) is 0 Å². The van der Waals surface area contributed by atoms with Crippen molar-refractivity contribution in [2.45, 2.75) is 17.7 Å². The van der Waals surface area contributed by atoms with Crippen LogP contribution in [0, 0.1) is 0 Å². The molecule has 0 radical (unpaired) electrons. The van der Waals surface area contributed by atoms with Gasteiger partial charge in [0.05, 0.1) is 16.0 Å². The van der Waals surface area contributed by atoms with Crippen molar-refractivity contribution in [1.29, 1.82) is 0 Å². The lowest BCUT2D eigenvalue weighted by molar-refractivity contribution is -0.137. The van der Waals surface area contributed by atoms with Crippen molar-refractivity contribution in [2.75, 3.05) is 4.72 Å². The van der Waals surface area contributed by atoms with Gasteiger partial charge in [0, 0.05) is 11.8 Å². The Morgan fingerprint density at radius 3 is 2.56 bits per heavy atom. The number of benzene rings is 1. The Bertz CT molecular complexity index is 1030. The van der Waals surface area contributed by atoms with Gasteiger partial charge in [0.15, 0.2) is 0 Å². The normalized spacial score (nSPS) is 14.1. The molecule has 2 heterocycles. The number of fused-ring (bicyclic) bond motifs is 1. The lowest BCUT2D eigenvalue weighted by Gasteiger charge is -2.11. The minimum atomic E-state index is -4.76. The van der Waals surface area contributed by atoms with Gasteiger partial charge in [-0.1, -0.05) is 6.07 Å². The van der Waals surface area contributed by atoms with Gasteiger partial charge in [0.2, 0.25) is 0 Å². The minimum absolute atomic E-state index is 0.00915. The third-order valence-electron chi connectivity index (χ3n) is 3.45. The van der Waals surface area contributed by atoms with Crippen LogP contribution in [0.5, 0.6) is 0 Å². The van der Waals surface area contributed by atoms with E-state index in [1.54, 1.807) is 4.72 Å². The van der Waals surface area contributed by atoms with E-state index >= 15 is 0 Å². The number of hydrogen-bond donors (Lipinski definition) is 2. The van der Waals surface area contributed by atoms with Crippen LogP contribution < -0.4 is 10.3 Å². The number of nitrogens with one attached hydrogen (secondary N) is 2. The number of hydrogen-bond acceptors (Lipinski definition) is 5. The second-order valence-corrected chi connectivity index (χ2v) is 6.81. The number of ether oxygens (including phenoxy) is 1. The lowest BCUT2D eigenvalue weighted by atomic mass is 10.1. The van der Waals surface area contributed by atoms with Crippen LogP contribution in [0.4, 0.5) is 18.9 Å². The number of carbonyl (C=O) groups excluding carboxylic acids is 1. The van der Waals surface area contributed by atoms with Crippen molar-refractivity contribution in [3.05, 3.63) is 57.5 Å². The van der Waals surface area contributed by atoms with E-state index < -0.39 is 39.0 Å². The number of alkyl halides is 3.